The number of ether oxygens (including phenoxy) is 1. The van der Waals surface area contributed by atoms with E-state index in [9.17, 15) is 4.79 Å². The van der Waals surface area contributed by atoms with Gasteiger partial charge in [0.15, 0.2) is 0 Å². The predicted octanol–water partition coefficient (Wildman–Crippen LogP) is 3.80. The fourth-order valence-corrected chi connectivity index (χ4v) is 2.41. The van der Waals surface area contributed by atoms with E-state index in [4.69, 9.17) is 4.74 Å². The molecule has 4 nitrogen and oxygen atoms in total. The number of benzene rings is 1. The summed E-state index contributed by atoms with van der Waals surface area (Å²) in [5.74, 6) is 1.00. The minimum Gasteiger partial charge on any atom is -0.487 e. The van der Waals surface area contributed by atoms with E-state index in [0.29, 0.717) is 23.8 Å². The first-order chi connectivity index (χ1) is 10.5. The van der Waals surface area contributed by atoms with Gasteiger partial charge in [0, 0.05) is 17.0 Å². The molecule has 1 aromatic heterocycles. The predicted molar refractivity (Wildman–Crippen MR) is 89.4 cm³/mol. The summed E-state index contributed by atoms with van der Waals surface area (Å²) in [6.45, 7) is 8.56. The number of rotatable bonds is 6. The molecule has 0 saturated heterocycles. The number of aromatic nitrogens is 1. The van der Waals surface area contributed by atoms with Crippen LogP contribution in [0.3, 0.4) is 0 Å². The standard InChI is InChI=1S/C17H22N2O2S/c1-11(2)12(3)18-17(20)14-6-5-7-16(8-14)21-9-15-10-22-13(4)19-15/h5-8,10-12H,9H2,1-4H3,(H,18,20). The Kier molecular flexibility index (Phi) is 5.55. The van der Waals surface area contributed by atoms with E-state index in [1.165, 1.54) is 0 Å². The van der Waals surface area contributed by atoms with Gasteiger partial charge >= 0.3 is 0 Å². The van der Waals surface area contributed by atoms with Crippen molar-refractivity contribution in [1.82, 2.24) is 10.3 Å². The van der Waals surface area contributed by atoms with Gasteiger partial charge in [0.05, 0.1) is 10.7 Å². The Hall–Kier alpha value is -1.88. The Morgan fingerprint density at radius 3 is 2.77 bits per heavy atom. The SMILES string of the molecule is Cc1nc(COc2cccc(C(=O)NC(C)C(C)C)c2)cs1. The number of nitrogens with one attached hydrogen (secondary N) is 1. The fourth-order valence-electron chi connectivity index (χ4n) is 1.82. The molecule has 0 aliphatic carbocycles. The molecule has 2 aromatic rings. The Labute approximate surface area is 135 Å². The third kappa shape index (κ3) is 4.56. The molecule has 0 radical (unpaired) electrons. The fraction of sp³-hybridized carbons (Fsp3) is 0.412. The van der Waals surface area contributed by atoms with E-state index in [1.54, 1.807) is 23.5 Å². The second-order valence-corrected chi connectivity index (χ2v) is 6.74. The van der Waals surface area contributed by atoms with Crippen LogP contribution in [0.4, 0.5) is 0 Å². The summed E-state index contributed by atoms with van der Waals surface area (Å²) in [4.78, 5) is 16.6. The molecule has 0 aliphatic heterocycles. The van der Waals surface area contributed by atoms with E-state index in [2.05, 4.69) is 24.1 Å². The van der Waals surface area contributed by atoms with Gasteiger partial charge in [-0.3, -0.25) is 4.79 Å². The van der Waals surface area contributed by atoms with Gasteiger partial charge in [-0.05, 0) is 38.0 Å². The van der Waals surface area contributed by atoms with Crippen LogP contribution in [0.2, 0.25) is 0 Å². The molecule has 0 bridgehead atoms. The first-order valence-electron chi connectivity index (χ1n) is 7.40. The van der Waals surface area contributed by atoms with E-state index in [1.807, 2.05) is 31.4 Å². The molecule has 1 amide bonds. The van der Waals surface area contributed by atoms with E-state index in [-0.39, 0.29) is 11.9 Å². The van der Waals surface area contributed by atoms with Gasteiger partial charge in [0.2, 0.25) is 0 Å². The Bertz CT molecular complexity index is 637. The maximum atomic E-state index is 12.2. The number of carbonyl (C=O) groups is 1. The van der Waals surface area contributed by atoms with Crippen molar-refractivity contribution in [2.75, 3.05) is 0 Å². The van der Waals surface area contributed by atoms with Crippen LogP contribution in [-0.4, -0.2) is 16.9 Å². The number of amides is 1. The highest BCUT2D eigenvalue weighted by molar-refractivity contribution is 7.09. The van der Waals surface area contributed by atoms with Crippen molar-refractivity contribution in [2.45, 2.75) is 40.3 Å². The lowest BCUT2D eigenvalue weighted by molar-refractivity contribution is 0.0930. The number of nitrogens with zero attached hydrogens (tertiary/aromatic N) is 1. The van der Waals surface area contributed by atoms with Crippen LogP contribution >= 0.6 is 11.3 Å². The van der Waals surface area contributed by atoms with Gasteiger partial charge in [0.25, 0.3) is 5.91 Å². The summed E-state index contributed by atoms with van der Waals surface area (Å²) in [6, 6.07) is 7.37. The molecule has 1 N–H and O–H groups in total. The highest BCUT2D eigenvalue weighted by Gasteiger charge is 2.13. The Balaban J connectivity index is 1.98. The van der Waals surface area contributed by atoms with Crippen molar-refractivity contribution in [1.29, 1.82) is 0 Å². The molecule has 1 aromatic carbocycles. The van der Waals surface area contributed by atoms with Crippen molar-refractivity contribution < 1.29 is 9.53 Å². The molecule has 1 heterocycles. The van der Waals surface area contributed by atoms with Crippen molar-refractivity contribution in [2.24, 2.45) is 5.92 Å². The molecule has 5 heteroatoms. The maximum Gasteiger partial charge on any atom is 0.251 e. The zero-order valence-electron chi connectivity index (χ0n) is 13.4. The van der Waals surface area contributed by atoms with Crippen molar-refractivity contribution >= 4 is 17.2 Å². The number of hydrogen-bond donors (Lipinski definition) is 1. The molecule has 118 valence electrons. The van der Waals surface area contributed by atoms with Crippen LogP contribution in [0, 0.1) is 12.8 Å². The monoisotopic (exact) mass is 318 g/mol. The Morgan fingerprint density at radius 2 is 2.14 bits per heavy atom. The van der Waals surface area contributed by atoms with Gasteiger partial charge < -0.3 is 10.1 Å². The first kappa shape index (κ1) is 16.5. The van der Waals surface area contributed by atoms with Gasteiger partial charge in [0.1, 0.15) is 12.4 Å². The first-order valence-corrected chi connectivity index (χ1v) is 8.28. The highest BCUT2D eigenvalue weighted by Crippen LogP contribution is 2.16. The third-order valence-electron chi connectivity index (χ3n) is 3.51. The Morgan fingerprint density at radius 1 is 1.36 bits per heavy atom. The van der Waals surface area contributed by atoms with E-state index in [0.717, 1.165) is 10.7 Å². The molecule has 1 unspecified atom stereocenters. The average Bonchev–Trinajstić information content (AvgIpc) is 2.91. The quantitative estimate of drug-likeness (QED) is 0.881. The van der Waals surface area contributed by atoms with Crippen LogP contribution in [0.25, 0.3) is 0 Å². The topological polar surface area (TPSA) is 51.2 Å². The molecular formula is C17H22N2O2S. The number of aryl methyl sites for hydroxylation is 1. The number of carbonyl (C=O) groups excluding carboxylic acids is 1. The molecule has 0 saturated carbocycles. The molecule has 1 atom stereocenters. The lowest BCUT2D eigenvalue weighted by atomic mass is 10.1. The van der Waals surface area contributed by atoms with E-state index < -0.39 is 0 Å². The number of thiazole rings is 1. The zero-order valence-corrected chi connectivity index (χ0v) is 14.2. The van der Waals surface area contributed by atoms with Crippen LogP contribution in [0.5, 0.6) is 5.75 Å². The van der Waals surface area contributed by atoms with Gasteiger partial charge in [-0.25, -0.2) is 4.98 Å². The molecule has 0 spiro atoms. The van der Waals surface area contributed by atoms with Crippen molar-refractivity contribution in [3.05, 3.63) is 45.9 Å². The van der Waals surface area contributed by atoms with Gasteiger partial charge in [-0.2, -0.15) is 0 Å². The molecule has 0 aliphatic rings. The van der Waals surface area contributed by atoms with Crippen LogP contribution in [-0.2, 0) is 6.61 Å². The summed E-state index contributed by atoms with van der Waals surface area (Å²) in [6.07, 6.45) is 0. The van der Waals surface area contributed by atoms with Crippen molar-refractivity contribution in [3.63, 3.8) is 0 Å². The third-order valence-corrected chi connectivity index (χ3v) is 4.33. The molecule has 22 heavy (non-hydrogen) atoms. The normalized spacial score (nSPS) is 12.2. The van der Waals surface area contributed by atoms with Crippen LogP contribution < -0.4 is 10.1 Å². The second kappa shape index (κ2) is 7.40. The van der Waals surface area contributed by atoms with Crippen LogP contribution in [0.1, 0.15) is 41.8 Å². The van der Waals surface area contributed by atoms with Crippen LogP contribution in [0.15, 0.2) is 29.6 Å². The summed E-state index contributed by atoms with van der Waals surface area (Å²) < 4.78 is 5.71. The summed E-state index contributed by atoms with van der Waals surface area (Å²) in [5.41, 5.74) is 1.52. The largest absolute Gasteiger partial charge is 0.487 e. The highest BCUT2D eigenvalue weighted by atomic mass is 32.1. The molecule has 2 rings (SSSR count). The minimum atomic E-state index is -0.0730. The van der Waals surface area contributed by atoms with Gasteiger partial charge in [-0.1, -0.05) is 19.9 Å². The lowest BCUT2D eigenvalue weighted by Crippen LogP contribution is -2.36. The smallest absolute Gasteiger partial charge is 0.251 e. The summed E-state index contributed by atoms with van der Waals surface area (Å²) in [7, 11) is 0. The lowest BCUT2D eigenvalue weighted by Gasteiger charge is -2.17. The minimum absolute atomic E-state index is 0.0730. The summed E-state index contributed by atoms with van der Waals surface area (Å²) in [5, 5.41) is 6.00. The zero-order chi connectivity index (χ0) is 16.1. The number of hydrogen-bond acceptors (Lipinski definition) is 4. The van der Waals surface area contributed by atoms with Crippen molar-refractivity contribution in [3.8, 4) is 5.75 Å². The maximum absolute atomic E-state index is 12.2. The summed E-state index contributed by atoms with van der Waals surface area (Å²) >= 11 is 1.60. The van der Waals surface area contributed by atoms with E-state index >= 15 is 0 Å². The second-order valence-electron chi connectivity index (χ2n) is 5.68. The average molecular weight is 318 g/mol. The molecular weight excluding hydrogens is 296 g/mol. The van der Waals surface area contributed by atoms with Gasteiger partial charge in [-0.15, -0.1) is 11.3 Å². The molecule has 0 fully saturated rings.